The lowest BCUT2D eigenvalue weighted by molar-refractivity contribution is 0.0612. The van der Waals surface area contributed by atoms with Crippen molar-refractivity contribution >= 4 is 5.91 Å². The molecule has 0 saturated carbocycles. The predicted octanol–water partition coefficient (Wildman–Crippen LogP) is 4.47. The maximum atomic E-state index is 14.1. The zero-order valence-corrected chi connectivity index (χ0v) is 21.6. The highest BCUT2D eigenvalue weighted by Gasteiger charge is 2.34. The van der Waals surface area contributed by atoms with Crippen LogP contribution in [0.1, 0.15) is 47.2 Å². The molecular weight excluding hydrogens is 488 g/mol. The first-order chi connectivity index (χ1) is 18.2. The summed E-state index contributed by atoms with van der Waals surface area (Å²) in [6.07, 6.45) is 0. The largest absolute Gasteiger partial charge is 0.351 e. The summed E-state index contributed by atoms with van der Waals surface area (Å²) in [5.41, 5.74) is 7.50. The molecule has 7 nitrogen and oxygen atoms in total. The fourth-order valence-electron chi connectivity index (χ4n) is 4.65. The lowest BCUT2D eigenvalue weighted by Gasteiger charge is -2.34. The molecule has 1 amide bonds. The summed E-state index contributed by atoms with van der Waals surface area (Å²) < 4.78 is 30.6. The highest BCUT2D eigenvalue weighted by molar-refractivity contribution is 5.95. The van der Waals surface area contributed by atoms with Crippen LogP contribution in [0.4, 0.5) is 8.78 Å². The van der Waals surface area contributed by atoms with Gasteiger partial charge in [0.25, 0.3) is 5.91 Å². The molecule has 0 aliphatic rings. The van der Waals surface area contributed by atoms with Gasteiger partial charge in [-0.15, -0.1) is 5.10 Å². The summed E-state index contributed by atoms with van der Waals surface area (Å²) in [5, 5.41) is 4.58. The maximum absolute atomic E-state index is 14.1. The topological polar surface area (TPSA) is 86.2 Å². The van der Waals surface area contributed by atoms with E-state index in [1.165, 1.54) is 4.57 Å². The smallest absolute Gasteiger partial charge is 0.329 e. The molecule has 0 spiro atoms. The number of nitrogens with zero attached hydrogens (tertiary/aromatic N) is 4. The number of aromatic nitrogens is 3. The molecule has 4 aromatic rings. The molecule has 1 atom stereocenters. The van der Waals surface area contributed by atoms with E-state index in [0.717, 1.165) is 34.0 Å². The van der Waals surface area contributed by atoms with Gasteiger partial charge in [-0.2, -0.15) is 4.68 Å². The highest BCUT2D eigenvalue weighted by atomic mass is 19.1. The number of aryl methyl sites for hydroxylation is 1. The molecule has 2 N–H and O–H groups in total. The van der Waals surface area contributed by atoms with E-state index in [1.807, 2.05) is 63.2 Å². The Kier molecular flexibility index (Phi) is 8.16. The number of hydrogen-bond acceptors (Lipinski definition) is 4. The average Bonchev–Trinajstić information content (AvgIpc) is 3.19. The molecular formula is C29H31F2N5O2. The Balaban J connectivity index is 1.92. The van der Waals surface area contributed by atoms with Gasteiger partial charge in [0.05, 0.1) is 18.3 Å². The number of halogens is 2. The minimum atomic E-state index is -0.828. The van der Waals surface area contributed by atoms with Crippen molar-refractivity contribution in [3.05, 3.63) is 117 Å². The molecule has 0 radical (unpaired) electrons. The Morgan fingerprint density at radius 3 is 2.24 bits per heavy atom. The standard InChI is InChI=1S/C29H31F2N5O2/c1-19(2)26(34(14-13-32)28(37)25-12-8-7-9-20(25)3)27-33-36(24-16-22(30)15-23(31)17-24)29(38)35(27)18-21-10-5-4-6-11-21/h4-12,15-17,19,26H,13-14,18,32H2,1-3H3. The zero-order valence-electron chi connectivity index (χ0n) is 21.6. The van der Waals surface area contributed by atoms with Gasteiger partial charge in [0.2, 0.25) is 0 Å². The summed E-state index contributed by atoms with van der Waals surface area (Å²) in [6, 6.07) is 18.8. The summed E-state index contributed by atoms with van der Waals surface area (Å²) >= 11 is 0. The van der Waals surface area contributed by atoms with Crippen LogP contribution in [0.2, 0.25) is 0 Å². The van der Waals surface area contributed by atoms with Gasteiger partial charge < -0.3 is 10.6 Å². The van der Waals surface area contributed by atoms with Gasteiger partial charge in [-0.1, -0.05) is 62.4 Å². The second-order valence-corrected chi connectivity index (χ2v) is 9.54. The Morgan fingerprint density at radius 1 is 1.00 bits per heavy atom. The van der Waals surface area contributed by atoms with Gasteiger partial charge in [-0.05, 0) is 42.2 Å². The molecule has 1 unspecified atom stereocenters. The van der Waals surface area contributed by atoms with Crippen molar-refractivity contribution in [2.45, 2.75) is 33.4 Å². The molecule has 4 rings (SSSR count). The number of amides is 1. The SMILES string of the molecule is Cc1ccccc1C(=O)N(CCN)C(c1nn(-c2cc(F)cc(F)c2)c(=O)n1Cc1ccccc1)C(C)C. The first-order valence-electron chi connectivity index (χ1n) is 12.5. The minimum Gasteiger partial charge on any atom is -0.329 e. The fraction of sp³-hybridized carbons (Fsp3) is 0.276. The first kappa shape index (κ1) is 26.9. The summed E-state index contributed by atoms with van der Waals surface area (Å²) in [7, 11) is 0. The number of benzene rings is 3. The first-order valence-corrected chi connectivity index (χ1v) is 12.5. The second kappa shape index (κ2) is 11.5. The van der Waals surface area contributed by atoms with E-state index in [1.54, 1.807) is 17.0 Å². The Hall–Kier alpha value is -4.11. The maximum Gasteiger partial charge on any atom is 0.351 e. The van der Waals surface area contributed by atoms with Crippen LogP contribution in [0.25, 0.3) is 5.69 Å². The van der Waals surface area contributed by atoms with E-state index in [-0.39, 0.29) is 37.1 Å². The van der Waals surface area contributed by atoms with E-state index in [0.29, 0.717) is 11.4 Å². The van der Waals surface area contributed by atoms with Crippen LogP contribution in [0, 0.1) is 24.5 Å². The molecule has 198 valence electrons. The van der Waals surface area contributed by atoms with Crippen LogP contribution in [0.3, 0.4) is 0 Å². The molecule has 1 heterocycles. The predicted molar refractivity (Wildman–Crippen MR) is 142 cm³/mol. The third kappa shape index (κ3) is 5.57. The third-order valence-electron chi connectivity index (χ3n) is 6.40. The number of carbonyl (C=O) groups is 1. The van der Waals surface area contributed by atoms with E-state index in [9.17, 15) is 18.4 Å². The van der Waals surface area contributed by atoms with Gasteiger partial charge in [-0.25, -0.2) is 13.6 Å². The lowest BCUT2D eigenvalue weighted by atomic mass is 9.99. The summed E-state index contributed by atoms with van der Waals surface area (Å²) in [4.78, 5) is 29.2. The summed E-state index contributed by atoms with van der Waals surface area (Å²) in [6.45, 7) is 6.29. The number of rotatable bonds is 9. The van der Waals surface area contributed by atoms with Gasteiger partial charge in [0.15, 0.2) is 5.82 Å². The van der Waals surface area contributed by atoms with Crippen molar-refractivity contribution in [1.29, 1.82) is 0 Å². The molecule has 0 fully saturated rings. The molecule has 9 heteroatoms. The Bertz CT molecular complexity index is 1460. The molecule has 0 aliphatic heterocycles. The molecule has 3 aromatic carbocycles. The fourth-order valence-corrected chi connectivity index (χ4v) is 4.65. The molecule has 1 aromatic heterocycles. The molecule has 0 saturated heterocycles. The van der Waals surface area contributed by atoms with Crippen molar-refractivity contribution in [3.63, 3.8) is 0 Å². The third-order valence-corrected chi connectivity index (χ3v) is 6.40. The molecule has 0 aliphatic carbocycles. The van der Waals surface area contributed by atoms with Gasteiger partial charge >= 0.3 is 5.69 Å². The van der Waals surface area contributed by atoms with Crippen molar-refractivity contribution in [1.82, 2.24) is 19.2 Å². The van der Waals surface area contributed by atoms with Crippen molar-refractivity contribution in [3.8, 4) is 5.69 Å². The average molecular weight is 520 g/mol. The quantitative estimate of drug-likeness (QED) is 0.354. The van der Waals surface area contributed by atoms with Gasteiger partial charge in [-0.3, -0.25) is 9.36 Å². The van der Waals surface area contributed by atoms with Gasteiger partial charge in [0.1, 0.15) is 11.6 Å². The second-order valence-electron chi connectivity index (χ2n) is 9.54. The van der Waals surface area contributed by atoms with E-state index in [4.69, 9.17) is 5.73 Å². The van der Waals surface area contributed by atoms with Crippen LogP contribution in [0.15, 0.2) is 77.6 Å². The zero-order chi connectivity index (χ0) is 27.4. The van der Waals surface area contributed by atoms with E-state index >= 15 is 0 Å². The van der Waals surface area contributed by atoms with Crippen molar-refractivity contribution in [2.24, 2.45) is 11.7 Å². The highest BCUT2D eigenvalue weighted by Crippen LogP contribution is 2.30. The van der Waals surface area contributed by atoms with Crippen LogP contribution in [-0.4, -0.2) is 38.2 Å². The van der Waals surface area contributed by atoms with Crippen LogP contribution < -0.4 is 11.4 Å². The Labute approximate surface area is 220 Å². The van der Waals surface area contributed by atoms with Crippen LogP contribution >= 0.6 is 0 Å². The van der Waals surface area contributed by atoms with Gasteiger partial charge in [0, 0.05) is 24.7 Å². The lowest BCUT2D eigenvalue weighted by Crippen LogP contribution is -2.42. The van der Waals surface area contributed by atoms with E-state index < -0.39 is 23.4 Å². The summed E-state index contributed by atoms with van der Waals surface area (Å²) in [5.74, 6) is -1.77. The van der Waals surface area contributed by atoms with Crippen LogP contribution in [0.5, 0.6) is 0 Å². The van der Waals surface area contributed by atoms with E-state index in [2.05, 4.69) is 5.10 Å². The normalized spacial score (nSPS) is 12.1. The number of hydrogen-bond donors (Lipinski definition) is 1. The number of carbonyl (C=O) groups excluding carboxylic acids is 1. The van der Waals surface area contributed by atoms with Crippen molar-refractivity contribution in [2.75, 3.05) is 13.1 Å². The Morgan fingerprint density at radius 2 is 1.63 bits per heavy atom. The molecule has 0 bridgehead atoms. The monoisotopic (exact) mass is 519 g/mol. The number of nitrogens with two attached hydrogens (primary N) is 1. The van der Waals surface area contributed by atoms with Crippen LogP contribution in [-0.2, 0) is 6.54 Å². The van der Waals surface area contributed by atoms with Crippen molar-refractivity contribution < 1.29 is 13.6 Å². The minimum absolute atomic E-state index is 0.0429. The molecule has 38 heavy (non-hydrogen) atoms.